The molecule has 0 aliphatic rings. The van der Waals surface area contributed by atoms with Crippen molar-refractivity contribution in [2.75, 3.05) is 0 Å². The zero-order chi connectivity index (χ0) is 17.3. The van der Waals surface area contributed by atoms with Gasteiger partial charge in [-0.05, 0) is 34.6 Å². The Balaban J connectivity index is 1.98. The van der Waals surface area contributed by atoms with Crippen molar-refractivity contribution in [1.29, 1.82) is 0 Å². The van der Waals surface area contributed by atoms with Crippen molar-refractivity contribution in [3.05, 3.63) is 37.4 Å². The van der Waals surface area contributed by atoms with E-state index in [1.807, 2.05) is 60.4 Å². The van der Waals surface area contributed by atoms with E-state index in [2.05, 4.69) is 16.1 Å². The van der Waals surface area contributed by atoms with Gasteiger partial charge in [0.2, 0.25) is 12.7 Å². The van der Waals surface area contributed by atoms with Crippen molar-refractivity contribution in [3.8, 4) is 0 Å². The van der Waals surface area contributed by atoms with Crippen LogP contribution in [0.2, 0.25) is 0 Å². The van der Waals surface area contributed by atoms with Gasteiger partial charge in [0.05, 0.1) is 11.2 Å². The van der Waals surface area contributed by atoms with Crippen molar-refractivity contribution in [3.63, 3.8) is 0 Å². The van der Waals surface area contributed by atoms with Crippen LogP contribution < -0.4 is 9.13 Å². The van der Waals surface area contributed by atoms with Gasteiger partial charge in [0, 0.05) is 0 Å². The molecule has 6 nitrogen and oxygen atoms in total. The van der Waals surface area contributed by atoms with E-state index in [-0.39, 0.29) is 0 Å². The fourth-order valence-corrected chi connectivity index (χ4v) is 2.70. The van der Waals surface area contributed by atoms with Crippen LogP contribution in [0.4, 0.5) is 0 Å². The third-order valence-electron chi connectivity index (χ3n) is 3.58. The second-order valence-corrected chi connectivity index (χ2v) is 7.79. The van der Waals surface area contributed by atoms with Crippen molar-refractivity contribution in [2.45, 2.75) is 71.5 Å². The van der Waals surface area contributed by atoms with Crippen LogP contribution in [-0.4, -0.2) is 30.5 Å². The van der Waals surface area contributed by atoms with Crippen LogP contribution in [0.1, 0.15) is 40.7 Å². The summed E-state index contributed by atoms with van der Waals surface area (Å²) >= 11 is 0. The lowest BCUT2D eigenvalue weighted by atomic mass is 10.1. The van der Waals surface area contributed by atoms with Gasteiger partial charge in [-0.2, -0.15) is 0 Å². The molecule has 23 heavy (non-hydrogen) atoms. The Kier molecular flexibility index (Phi) is 4.96. The summed E-state index contributed by atoms with van der Waals surface area (Å²) in [6.07, 6.45) is 12.1. The zero-order valence-corrected chi connectivity index (χ0v) is 14.8. The van der Waals surface area contributed by atoms with Gasteiger partial charge in [0.25, 0.3) is 0 Å². The Bertz CT molecular complexity index is 632. The predicted octanol–water partition coefficient (Wildman–Crippen LogP) is 0.668. The lowest BCUT2D eigenvalue weighted by Crippen LogP contribution is -2.43. The van der Waals surface area contributed by atoms with E-state index in [4.69, 9.17) is 0 Å². The topological polar surface area (TPSA) is 58.1 Å². The molecule has 0 amide bonds. The average molecular weight is 322 g/mol. The maximum Gasteiger partial charge on any atom is 0.244 e. The lowest BCUT2D eigenvalue weighted by molar-refractivity contribution is -0.709. The van der Waals surface area contributed by atoms with Crippen LogP contribution in [0.15, 0.2) is 37.4 Å². The van der Waals surface area contributed by atoms with Crippen molar-refractivity contribution in [2.24, 2.45) is 0 Å². The number of aliphatic hydroxyl groups is 2. The number of rotatable bonds is 7. The summed E-state index contributed by atoms with van der Waals surface area (Å²) in [5.41, 5.74) is -1.44. The summed E-state index contributed by atoms with van der Waals surface area (Å²) in [5, 5.41) is 19.8. The van der Waals surface area contributed by atoms with Gasteiger partial charge < -0.3 is 10.2 Å². The summed E-state index contributed by atoms with van der Waals surface area (Å²) in [4.78, 5) is 0. The largest absolute Gasteiger partial charge is 0.386 e. The Morgan fingerprint density at radius 1 is 0.913 bits per heavy atom. The smallest absolute Gasteiger partial charge is 0.244 e. The number of imidazole rings is 2. The minimum absolute atomic E-state index is 0.293. The number of hydrogen-bond acceptors (Lipinski definition) is 2. The van der Waals surface area contributed by atoms with Crippen LogP contribution in [0, 0.1) is 0 Å². The highest BCUT2D eigenvalue weighted by atomic mass is 16.3. The number of aromatic nitrogens is 4. The second-order valence-electron chi connectivity index (χ2n) is 7.79. The molecular formula is C17H30N4O2+2. The van der Waals surface area contributed by atoms with Crippen LogP contribution in [-0.2, 0) is 19.6 Å². The molecule has 0 fully saturated rings. The van der Waals surface area contributed by atoms with Gasteiger partial charge in [0.15, 0.2) is 0 Å². The monoisotopic (exact) mass is 322 g/mol. The highest BCUT2D eigenvalue weighted by Gasteiger charge is 2.21. The van der Waals surface area contributed by atoms with Crippen molar-refractivity contribution >= 4 is 0 Å². The summed E-state index contributed by atoms with van der Waals surface area (Å²) in [6.45, 7) is 11.4. The SMILES string of the molecule is CC(Cn1cc[n+](CC(C)(C)O)c1)n1cc[n+](CC(C)(C)O)c1. The highest BCUT2D eigenvalue weighted by Crippen LogP contribution is 2.08. The van der Waals surface area contributed by atoms with Crippen molar-refractivity contribution in [1.82, 2.24) is 9.13 Å². The zero-order valence-electron chi connectivity index (χ0n) is 14.8. The van der Waals surface area contributed by atoms with Gasteiger partial charge in [0.1, 0.15) is 50.5 Å². The lowest BCUT2D eigenvalue weighted by Gasteiger charge is -2.13. The maximum atomic E-state index is 9.89. The summed E-state index contributed by atoms with van der Waals surface area (Å²) in [6, 6.07) is 0.293. The van der Waals surface area contributed by atoms with Crippen LogP contribution in [0.25, 0.3) is 0 Å². The molecule has 1 atom stereocenters. The van der Waals surface area contributed by atoms with Crippen LogP contribution >= 0.6 is 0 Å². The van der Waals surface area contributed by atoms with E-state index < -0.39 is 11.2 Å². The first-order chi connectivity index (χ1) is 10.5. The van der Waals surface area contributed by atoms with Gasteiger partial charge in [-0.15, -0.1) is 0 Å². The first-order valence-electron chi connectivity index (χ1n) is 8.08. The Hall–Kier alpha value is -1.66. The number of hydrogen-bond donors (Lipinski definition) is 2. The molecule has 0 bridgehead atoms. The fraction of sp³-hybridized carbons (Fsp3) is 0.647. The summed E-state index contributed by atoms with van der Waals surface area (Å²) in [5.74, 6) is 0. The van der Waals surface area contributed by atoms with E-state index in [0.717, 1.165) is 6.54 Å². The average Bonchev–Trinajstić information content (AvgIpc) is 2.95. The standard InChI is InChI=1S/C17H30N4O2/c1-15(21-9-8-20(14-21)12-17(4,5)23)10-18-6-7-19(13-18)11-16(2,3)22/h6-9,13-15,22-23H,10-12H2,1-5H3/q+2. The van der Waals surface area contributed by atoms with E-state index in [9.17, 15) is 10.2 Å². The molecule has 0 aliphatic heterocycles. The fourth-order valence-electron chi connectivity index (χ4n) is 2.70. The number of nitrogens with zero attached hydrogens (tertiary/aromatic N) is 4. The van der Waals surface area contributed by atoms with Crippen molar-refractivity contribution < 1.29 is 19.3 Å². The molecule has 2 rings (SSSR count). The van der Waals surface area contributed by atoms with Crippen LogP contribution in [0.5, 0.6) is 0 Å². The normalized spacial score (nSPS) is 14.2. The Morgan fingerprint density at radius 3 is 2.00 bits per heavy atom. The van der Waals surface area contributed by atoms with E-state index in [0.29, 0.717) is 19.1 Å². The van der Waals surface area contributed by atoms with E-state index >= 15 is 0 Å². The molecule has 2 aromatic heterocycles. The van der Waals surface area contributed by atoms with Gasteiger partial charge in [-0.25, -0.2) is 18.3 Å². The van der Waals surface area contributed by atoms with E-state index in [1.54, 1.807) is 13.8 Å². The molecule has 128 valence electrons. The molecule has 0 aromatic carbocycles. The molecule has 0 saturated carbocycles. The first kappa shape index (κ1) is 17.7. The molecule has 0 aliphatic carbocycles. The third kappa shape index (κ3) is 5.80. The molecule has 2 heterocycles. The Labute approximate surface area is 138 Å². The van der Waals surface area contributed by atoms with Crippen LogP contribution in [0.3, 0.4) is 0 Å². The Morgan fingerprint density at radius 2 is 1.43 bits per heavy atom. The molecule has 0 saturated heterocycles. The molecular weight excluding hydrogens is 292 g/mol. The van der Waals surface area contributed by atoms with Gasteiger partial charge in [-0.3, -0.25) is 0 Å². The minimum Gasteiger partial charge on any atom is -0.386 e. The maximum absolute atomic E-state index is 9.89. The third-order valence-corrected chi connectivity index (χ3v) is 3.58. The molecule has 2 aromatic rings. The molecule has 0 spiro atoms. The van der Waals surface area contributed by atoms with Gasteiger partial charge >= 0.3 is 0 Å². The quantitative estimate of drug-likeness (QED) is 0.736. The summed E-state index contributed by atoms with van der Waals surface area (Å²) in [7, 11) is 0. The molecule has 6 heteroatoms. The van der Waals surface area contributed by atoms with Gasteiger partial charge in [-0.1, -0.05) is 0 Å². The summed E-state index contributed by atoms with van der Waals surface area (Å²) < 4.78 is 8.26. The highest BCUT2D eigenvalue weighted by molar-refractivity contribution is 4.76. The molecule has 1 unspecified atom stereocenters. The minimum atomic E-state index is -0.719. The van der Waals surface area contributed by atoms with E-state index in [1.165, 1.54) is 0 Å². The molecule has 0 radical (unpaired) electrons. The predicted molar refractivity (Wildman–Crippen MR) is 86.6 cm³/mol. The second kappa shape index (κ2) is 6.45. The first-order valence-corrected chi connectivity index (χ1v) is 8.08. The molecule has 2 N–H and O–H groups in total.